The molecule has 0 aromatic rings. The van der Waals surface area contributed by atoms with Gasteiger partial charge in [-0.05, 0) is 6.08 Å². The molecule has 2 nitrogen and oxygen atoms in total. The molecule has 1 aliphatic rings. The van der Waals surface area contributed by atoms with E-state index in [0.717, 1.165) is 0 Å². The van der Waals surface area contributed by atoms with E-state index in [2.05, 4.69) is 0 Å². The maximum Gasteiger partial charge on any atom is 0.145 e. The minimum Gasteiger partial charge on any atom is -0.500 e. The van der Waals surface area contributed by atoms with Gasteiger partial charge in [-0.1, -0.05) is 13.8 Å². The third kappa shape index (κ3) is 1.38. The van der Waals surface area contributed by atoms with Gasteiger partial charge in [-0.25, -0.2) is 0 Å². The fourth-order valence-electron chi connectivity index (χ4n) is 0.970. The lowest BCUT2D eigenvalue weighted by Crippen LogP contribution is -2.19. The van der Waals surface area contributed by atoms with Gasteiger partial charge in [0.2, 0.25) is 0 Å². The minimum atomic E-state index is 0.0139. The predicted molar refractivity (Wildman–Crippen MR) is 38.4 cm³/mol. The first-order valence-corrected chi connectivity index (χ1v) is 3.54. The topological polar surface area (TPSA) is 26.3 Å². The zero-order valence-corrected chi connectivity index (χ0v) is 6.33. The highest BCUT2D eigenvalue weighted by molar-refractivity contribution is 5.84. The monoisotopic (exact) mass is 140 g/mol. The van der Waals surface area contributed by atoms with Gasteiger partial charge in [0, 0.05) is 5.92 Å². The fourth-order valence-corrected chi connectivity index (χ4v) is 0.970. The lowest BCUT2D eigenvalue weighted by atomic mass is 9.97. The van der Waals surface area contributed by atoms with Gasteiger partial charge in [-0.2, -0.15) is 0 Å². The van der Waals surface area contributed by atoms with Gasteiger partial charge in [0.15, 0.2) is 0 Å². The van der Waals surface area contributed by atoms with Crippen LogP contribution in [0.5, 0.6) is 0 Å². The van der Waals surface area contributed by atoms with Gasteiger partial charge < -0.3 is 4.74 Å². The number of ketones is 1. The number of Topliss-reactive ketones (excluding diaryl/α,β-unsaturated/α-hetero) is 1. The molecular formula is C8H12O2. The summed E-state index contributed by atoms with van der Waals surface area (Å²) < 4.78 is 4.93. The van der Waals surface area contributed by atoms with Crippen molar-refractivity contribution in [2.45, 2.75) is 13.8 Å². The molecular weight excluding hydrogens is 128 g/mol. The second-order valence-corrected chi connectivity index (χ2v) is 2.83. The zero-order valence-electron chi connectivity index (χ0n) is 6.33. The van der Waals surface area contributed by atoms with Crippen LogP contribution in [0.4, 0.5) is 0 Å². The molecule has 2 heteroatoms. The molecule has 0 saturated carbocycles. The van der Waals surface area contributed by atoms with Crippen molar-refractivity contribution in [3.8, 4) is 0 Å². The van der Waals surface area contributed by atoms with Crippen molar-refractivity contribution in [1.82, 2.24) is 0 Å². The van der Waals surface area contributed by atoms with E-state index >= 15 is 0 Å². The Morgan fingerprint density at radius 2 is 2.40 bits per heavy atom. The van der Waals surface area contributed by atoms with Crippen molar-refractivity contribution in [1.29, 1.82) is 0 Å². The Hall–Kier alpha value is -0.790. The highest BCUT2D eigenvalue weighted by Crippen LogP contribution is 2.13. The molecule has 0 spiro atoms. The molecule has 1 rings (SSSR count). The summed E-state index contributed by atoms with van der Waals surface area (Å²) in [5.41, 5.74) is 0. The number of hydrogen-bond donors (Lipinski definition) is 0. The molecule has 56 valence electrons. The van der Waals surface area contributed by atoms with Crippen molar-refractivity contribution < 1.29 is 9.53 Å². The van der Waals surface area contributed by atoms with Crippen molar-refractivity contribution in [3.63, 3.8) is 0 Å². The van der Waals surface area contributed by atoms with Crippen molar-refractivity contribution in [2.24, 2.45) is 11.8 Å². The molecule has 0 amide bonds. The van der Waals surface area contributed by atoms with Crippen molar-refractivity contribution in [3.05, 3.63) is 12.3 Å². The van der Waals surface area contributed by atoms with Crippen LogP contribution in [0.3, 0.4) is 0 Å². The SMILES string of the molecule is CC(C)C(=O)C1C=COC1. The number of hydrogen-bond acceptors (Lipinski definition) is 2. The molecule has 0 N–H and O–H groups in total. The summed E-state index contributed by atoms with van der Waals surface area (Å²) >= 11 is 0. The molecule has 1 unspecified atom stereocenters. The highest BCUT2D eigenvalue weighted by Gasteiger charge is 2.21. The quantitative estimate of drug-likeness (QED) is 0.579. The first-order valence-electron chi connectivity index (χ1n) is 3.54. The maximum absolute atomic E-state index is 11.2. The summed E-state index contributed by atoms with van der Waals surface area (Å²) in [6.07, 6.45) is 3.42. The largest absolute Gasteiger partial charge is 0.500 e. The van der Waals surface area contributed by atoms with Crippen molar-refractivity contribution in [2.75, 3.05) is 6.61 Å². The van der Waals surface area contributed by atoms with E-state index in [1.165, 1.54) is 0 Å². The van der Waals surface area contributed by atoms with Crippen LogP contribution in [-0.4, -0.2) is 12.4 Å². The first kappa shape index (κ1) is 7.32. The Balaban J connectivity index is 2.49. The number of carbonyl (C=O) groups excluding carboxylic acids is 1. The summed E-state index contributed by atoms with van der Waals surface area (Å²) in [5.74, 6) is 0.408. The Morgan fingerprint density at radius 3 is 2.80 bits per heavy atom. The highest BCUT2D eigenvalue weighted by atomic mass is 16.5. The lowest BCUT2D eigenvalue weighted by Gasteiger charge is -2.07. The summed E-state index contributed by atoms with van der Waals surface area (Å²) in [5, 5.41) is 0. The van der Waals surface area contributed by atoms with Crippen LogP contribution >= 0.6 is 0 Å². The van der Waals surface area contributed by atoms with Crippen molar-refractivity contribution >= 4 is 5.78 Å². The van der Waals surface area contributed by atoms with Gasteiger partial charge in [0.25, 0.3) is 0 Å². The standard InChI is InChI=1S/C8H12O2/c1-6(2)8(9)7-3-4-10-5-7/h3-4,6-7H,5H2,1-2H3. The summed E-state index contributed by atoms with van der Waals surface area (Å²) in [7, 11) is 0. The lowest BCUT2D eigenvalue weighted by molar-refractivity contribution is -0.124. The third-order valence-corrected chi connectivity index (χ3v) is 1.62. The Morgan fingerprint density at radius 1 is 1.70 bits per heavy atom. The number of ether oxygens (including phenoxy) is 1. The molecule has 10 heavy (non-hydrogen) atoms. The van der Waals surface area contributed by atoms with Gasteiger partial charge in [-0.3, -0.25) is 4.79 Å². The fraction of sp³-hybridized carbons (Fsp3) is 0.625. The molecule has 1 heterocycles. The number of carbonyl (C=O) groups is 1. The Labute approximate surface area is 60.9 Å². The average Bonchev–Trinajstić information content (AvgIpc) is 2.36. The van der Waals surface area contributed by atoms with Crippen LogP contribution in [-0.2, 0) is 9.53 Å². The molecule has 0 radical (unpaired) electrons. The smallest absolute Gasteiger partial charge is 0.145 e. The molecule has 1 aliphatic heterocycles. The van der Waals surface area contributed by atoms with E-state index in [1.807, 2.05) is 19.9 Å². The molecule has 0 aliphatic carbocycles. The van der Waals surface area contributed by atoms with E-state index in [0.29, 0.717) is 6.61 Å². The van der Waals surface area contributed by atoms with Crippen LogP contribution in [0.1, 0.15) is 13.8 Å². The predicted octanol–water partition coefficient (Wildman–Crippen LogP) is 1.37. The summed E-state index contributed by atoms with van der Waals surface area (Å²) in [6.45, 7) is 4.36. The average molecular weight is 140 g/mol. The molecule has 0 saturated heterocycles. The Bertz CT molecular complexity index is 159. The minimum absolute atomic E-state index is 0.0139. The van der Waals surface area contributed by atoms with Crippen LogP contribution in [0.25, 0.3) is 0 Å². The van der Waals surface area contributed by atoms with Crippen LogP contribution in [0, 0.1) is 11.8 Å². The van der Waals surface area contributed by atoms with E-state index in [9.17, 15) is 4.79 Å². The number of rotatable bonds is 2. The molecule has 0 aromatic carbocycles. The van der Waals surface area contributed by atoms with Crippen LogP contribution < -0.4 is 0 Å². The molecule has 0 bridgehead atoms. The third-order valence-electron chi connectivity index (χ3n) is 1.62. The second kappa shape index (κ2) is 2.86. The van der Waals surface area contributed by atoms with Gasteiger partial charge in [0.1, 0.15) is 12.4 Å². The normalized spacial score (nSPS) is 23.3. The van der Waals surface area contributed by atoms with E-state index < -0.39 is 0 Å². The van der Waals surface area contributed by atoms with Gasteiger partial charge in [-0.15, -0.1) is 0 Å². The maximum atomic E-state index is 11.2. The molecule has 1 atom stereocenters. The van der Waals surface area contributed by atoms with Crippen LogP contribution in [0.15, 0.2) is 12.3 Å². The van der Waals surface area contributed by atoms with Gasteiger partial charge in [0.05, 0.1) is 12.2 Å². The first-order chi connectivity index (χ1) is 4.72. The molecule has 0 aromatic heterocycles. The summed E-state index contributed by atoms with van der Waals surface area (Å²) in [4.78, 5) is 11.2. The molecule has 0 fully saturated rings. The van der Waals surface area contributed by atoms with Crippen LogP contribution in [0.2, 0.25) is 0 Å². The van der Waals surface area contributed by atoms with E-state index in [-0.39, 0.29) is 17.6 Å². The van der Waals surface area contributed by atoms with E-state index in [1.54, 1.807) is 6.26 Å². The Kier molecular flexibility index (Phi) is 2.10. The summed E-state index contributed by atoms with van der Waals surface area (Å²) in [6, 6.07) is 0. The van der Waals surface area contributed by atoms with E-state index in [4.69, 9.17) is 4.74 Å². The second-order valence-electron chi connectivity index (χ2n) is 2.83. The van der Waals surface area contributed by atoms with Gasteiger partial charge >= 0.3 is 0 Å². The zero-order chi connectivity index (χ0) is 7.56.